The molecule has 0 bridgehead atoms. The summed E-state index contributed by atoms with van der Waals surface area (Å²) in [5, 5.41) is 0. The largest absolute Gasteiger partial charge is 0.497 e. The Hall–Kier alpha value is -3.52. The van der Waals surface area contributed by atoms with Gasteiger partial charge in [0.15, 0.2) is 0 Å². The van der Waals surface area contributed by atoms with E-state index < -0.39 is 0 Å². The smallest absolute Gasteiger partial charge is 0.118 e. The highest BCUT2D eigenvalue weighted by atomic mass is 16.5. The second-order valence-corrected chi connectivity index (χ2v) is 8.19. The van der Waals surface area contributed by atoms with Crippen molar-refractivity contribution >= 4 is 0 Å². The van der Waals surface area contributed by atoms with E-state index >= 15 is 0 Å². The molecule has 4 rings (SSSR count). The molecule has 0 atom stereocenters. The number of rotatable bonds is 9. The molecule has 4 aromatic rings. The summed E-state index contributed by atoms with van der Waals surface area (Å²) < 4.78 is 10.7. The van der Waals surface area contributed by atoms with Gasteiger partial charge in [0.2, 0.25) is 0 Å². The highest BCUT2D eigenvalue weighted by Crippen LogP contribution is 2.40. The van der Waals surface area contributed by atoms with Gasteiger partial charge in [-0.25, -0.2) is 0 Å². The van der Waals surface area contributed by atoms with E-state index in [1.807, 2.05) is 12.1 Å². The fourth-order valence-corrected chi connectivity index (χ4v) is 4.50. The Kier molecular flexibility index (Phi) is 6.91. The molecule has 0 aliphatic carbocycles. The molecule has 0 amide bonds. The van der Waals surface area contributed by atoms with Crippen LogP contribution in [0, 0.1) is 0 Å². The van der Waals surface area contributed by atoms with Gasteiger partial charge in [-0.2, -0.15) is 0 Å². The molecule has 0 radical (unpaired) electrons. The monoisotopic (exact) mass is 422 g/mol. The number of hydrogen-bond donors (Lipinski definition) is 0. The van der Waals surface area contributed by atoms with Crippen LogP contribution in [0.1, 0.15) is 28.7 Å². The summed E-state index contributed by atoms with van der Waals surface area (Å²) in [6.07, 6.45) is 2.89. The normalized spacial score (nSPS) is 11.2. The van der Waals surface area contributed by atoms with Crippen molar-refractivity contribution in [2.75, 3.05) is 14.2 Å². The van der Waals surface area contributed by atoms with Crippen molar-refractivity contribution in [3.05, 3.63) is 131 Å². The van der Waals surface area contributed by atoms with Gasteiger partial charge in [0.1, 0.15) is 11.5 Å². The van der Waals surface area contributed by atoms with Crippen LogP contribution < -0.4 is 9.47 Å². The second-order valence-electron chi connectivity index (χ2n) is 8.19. The molecule has 2 nitrogen and oxygen atoms in total. The van der Waals surface area contributed by atoms with E-state index in [-0.39, 0.29) is 5.41 Å². The minimum Gasteiger partial charge on any atom is -0.497 e. The Morgan fingerprint density at radius 3 is 1.41 bits per heavy atom. The SMILES string of the molecule is COc1ccc(CCC(Cc2ccc(OC)cc2)(c2ccccc2)c2ccccc2)cc1. The van der Waals surface area contributed by atoms with Crippen molar-refractivity contribution in [1.29, 1.82) is 0 Å². The maximum absolute atomic E-state index is 5.38. The van der Waals surface area contributed by atoms with E-state index in [9.17, 15) is 0 Å². The van der Waals surface area contributed by atoms with Crippen LogP contribution >= 0.6 is 0 Å². The van der Waals surface area contributed by atoms with Gasteiger partial charge in [-0.15, -0.1) is 0 Å². The van der Waals surface area contributed by atoms with Crippen molar-refractivity contribution in [2.45, 2.75) is 24.7 Å². The average molecular weight is 423 g/mol. The molecular formula is C30H30O2. The van der Waals surface area contributed by atoms with Crippen molar-refractivity contribution < 1.29 is 9.47 Å². The zero-order chi connectivity index (χ0) is 22.2. The van der Waals surface area contributed by atoms with E-state index in [0.717, 1.165) is 30.8 Å². The van der Waals surface area contributed by atoms with Crippen LogP contribution in [0.3, 0.4) is 0 Å². The predicted molar refractivity (Wildman–Crippen MR) is 132 cm³/mol. The fourth-order valence-electron chi connectivity index (χ4n) is 4.50. The van der Waals surface area contributed by atoms with E-state index in [1.54, 1.807) is 14.2 Å². The first-order valence-corrected chi connectivity index (χ1v) is 11.1. The van der Waals surface area contributed by atoms with Gasteiger partial charge in [0, 0.05) is 5.41 Å². The molecule has 32 heavy (non-hydrogen) atoms. The molecule has 0 saturated carbocycles. The van der Waals surface area contributed by atoms with E-state index in [2.05, 4.69) is 97.1 Å². The number of methoxy groups -OCH3 is 2. The molecular weight excluding hydrogens is 392 g/mol. The molecule has 0 heterocycles. The van der Waals surface area contributed by atoms with Crippen LogP contribution in [0.2, 0.25) is 0 Å². The molecule has 0 unspecified atom stereocenters. The summed E-state index contributed by atoms with van der Waals surface area (Å²) in [4.78, 5) is 0. The van der Waals surface area contributed by atoms with Gasteiger partial charge < -0.3 is 9.47 Å². The lowest BCUT2D eigenvalue weighted by atomic mass is 9.67. The first kappa shape index (κ1) is 21.7. The standard InChI is InChI=1S/C30H30O2/c1-31-28-17-13-24(14-18-28)21-22-30(26-9-5-3-6-10-26,27-11-7-4-8-12-27)23-25-15-19-29(32-2)20-16-25/h3-20H,21-23H2,1-2H3. The molecule has 0 aliphatic rings. The quantitative estimate of drug-likeness (QED) is 0.293. The van der Waals surface area contributed by atoms with Crippen molar-refractivity contribution in [3.63, 3.8) is 0 Å². The Bertz CT molecular complexity index is 1050. The van der Waals surface area contributed by atoms with Gasteiger partial charge >= 0.3 is 0 Å². The van der Waals surface area contributed by atoms with E-state index in [0.29, 0.717) is 0 Å². The second kappa shape index (κ2) is 10.2. The van der Waals surface area contributed by atoms with Gasteiger partial charge in [-0.3, -0.25) is 0 Å². The molecule has 2 heteroatoms. The van der Waals surface area contributed by atoms with Gasteiger partial charge in [-0.1, -0.05) is 84.9 Å². The zero-order valence-corrected chi connectivity index (χ0v) is 18.8. The molecule has 0 aliphatic heterocycles. The maximum atomic E-state index is 5.38. The van der Waals surface area contributed by atoms with Crippen LogP contribution in [0.4, 0.5) is 0 Å². The first-order valence-electron chi connectivity index (χ1n) is 11.1. The summed E-state index contributed by atoms with van der Waals surface area (Å²) in [6, 6.07) is 38.8. The predicted octanol–water partition coefficient (Wildman–Crippen LogP) is 6.87. The Morgan fingerprint density at radius 2 is 0.969 bits per heavy atom. The van der Waals surface area contributed by atoms with E-state index in [1.165, 1.54) is 22.3 Å². The first-order chi connectivity index (χ1) is 15.7. The minimum atomic E-state index is -0.142. The minimum absolute atomic E-state index is 0.142. The molecule has 0 fully saturated rings. The molecule has 0 spiro atoms. The molecule has 0 N–H and O–H groups in total. The number of hydrogen-bond acceptors (Lipinski definition) is 2. The summed E-state index contributed by atoms with van der Waals surface area (Å²) in [5.74, 6) is 1.78. The number of ether oxygens (including phenoxy) is 2. The Labute approximate surface area is 191 Å². The fraction of sp³-hybridized carbons (Fsp3) is 0.200. The zero-order valence-electron chi connectivity index (χ0n) is 18.8. The van der Waals surface area contributed by atoms with Gasteiger partial charge in [0.05, 0.1) is 14.2 Å². The number of aryl methyl sites for hydroxylation is 1. The summed E-state index contributed by atoms with van der Waals surface area (Å²) >= 11 is 0. The lowest BCUT2D eigenvalue weighted by molar-refractivity contribution is 0.413. The topological polar surface area (TPSA) is 18.5 Å². The van der Waals surface area contributed by atoms with Crippen LogP contribution in [-0.2, 0) is 18.3 Å². The molecule has 0 aromatic heterocycles. The third-order valence-electron chi connectivity index (χ3n) is 6.32. The van der Waals surface area contributed by atoms with Crippen molar-refractivity contribution in [2.24, 2.45) is 0 Å². The van der Waals surface area contributed by atoms with Gasteiger partial charge in [-0.05, 0) is 65.8 Å². The third-order valence-corrected chi connectivity index (χ3v) is 6.32. The van der Waals surface area contributed by atoms with Gasteiger partial charge in [0.25, 0.3) is 0 Å². The number of benzene rings is 4. The Morgan fingerprint density at radius 1 is 0.531 bits per heavy atom. The molecule has 162 valence electrons. The van der Waals surface area contributed by atoms with Crippen LogP contribution in [-0.4, -0.2) is 14.2 Å². The van der Waals surface area contributed by atoms with Crippen LogP contribution in [0.25, 0.3) is 0 Å². The lowest BCUT2D eigenvalue weighted by Crippen LogP contribution is -2.31. The lowest BCUT2D eigenvalue weighted by Gasteiger charge is -2.36. The summed E-state index contributed by atoms with van der Waals surface area (Å²) in [5.41, 5.74) is 5.16. The average Bonchev–Trinajstić information content (AvgIpc) is 2.88. The molecule has 0 saturated heterocycles. The van der Waals surface area contributed by atoms with Crippen molar-refractivity contribution in [1.82, 2.24) is 0 Å². The highest BCUT2D eigenvalue weighted by Gasteiger charge is 2.34. The summed E-state index contributed by atoms with van der Waals surface area (Å²) in [6.45, 7) is 0. The van der Waals surface area contributed by atoms with Crippen molar-refractivity contribution in [3.8, 4) is 11.5 Å². The summed E-state index contributed by atoms with van der Waals surface area (Å²) in [7, 11) is 3.42. The maximum Gasteiger partial charge on any atom is 0.118 e. The Balaban J connectivity index is 1.76. The van der Waals surface area contributed by atoms with E-state index in [4.69, 9.17) is 9.47 Å². The van der Waals surface area contributed by atoms with Crippen LogP contribution in [0.15, 0.2) is 109 Å². The third kappa shape index (κ3) is 4.86. The van der Waals surface area contributed by atoms with Crippen LogP contribution in [0.5, 0.6) is 11.5 Å². The highest BCUT2D eigenvalue weighted by molar-refractivity contribution is 5.43. The molecule has 4 aromatic carbocycles.